The quantitative estimate of drug-likeness (QED) is 0.900. The van der Waals surface area contributed by atoms with Crippen molar-refractivity contribution >= 4 is 11.8 Å². The maximum Gasteiger partial charge on any atom is 0.226 e. The fourth-order valence-electron chi connectivity index (χ4n) is 2.97. The van der Waals surface area contributed by atoms with Crippen molar-refractivity contribution in [1.29, 1.82) is 0 Å². The first-order chi connectivity index (χ1) is 11.2. The van der Waals surface area contributed by atoms with Crippen LogP contribution in [0.4, 0.5) is 0 Å². The standard InChI is InChI=1S/C18H24N2O3/c1-23-16-6-2-13(3-7-16)12-17(21)20-10-8-14(9-11-20)18(22)19-15-4-5-15/h2-3,6-7,14-15H,4-5,8-12H2,1H3,(H,19,22). The first-order valence-corrected chi connectivity index (χ1v) is 8.37. The summed E-state index contributed by atoms with van der Waals surface area (Å²) < 4.78 is 5.12. The van der Waals surface area contributed by atoms with E-state index in [1.807, 2.05) is 29.2 Å². The van der Waals surface area contributed by atoms with E-state index in [4.69, 9.17) is 4.74 Å². The largest absolute Gasteiger partial charge is 0.497 e. The zero-order valence-corrected chi connectivity index (χ0v) is 13.6. The molecule has 0 bridgehead atoms. The highest BCUT2D eigenvalue weighted by Gasteiger charge is 2.30. The van der Waals surface area contributed by atoms with Gasteiger partial charge >= 0.3 is 0 Å². The molecule has 1 saturated carbocycles. The highest BCUT2D eigenvalue weighted by Crippen LogP contribution is 2.23. The van der Waals surface area contributed by atoms with Crippen LogP contribution in [0.15, 0.2) is 24.3 Å². The van der Waals surface area contributed by atoms with E-state index in [0.29, 0.717) is 25.6 Å². The summed E-state index contributed by atoms with van der Waals surface area (Å²) in [6.45, 7) is 1.36. The van der Waals surface area contributed by atoms with Crippen LogP contribution >= 0.6 is 0 Å². The average molecular weight is 316 g/mol. The second-order valence-corrected chi connectivity index (χ2v) is 6.46. The fraction of sp³-hybridized carbons (Fsp3) is 0.556. The number of nitrogens with zero attached hydrogens (tertiary/aromatic N) is 1. The molecule has 0 radical (unpaired) electrons. The van der Waals surface area contributed by atoms with Crippen molar-refractivity contribution in [3.05, 3.63) is 29.8 Å². The smallest absolute Gasteiger partial charge is 0.226 e. The molecule has 1 aliphatic carbocycles. The summed E-state index contributed by atoms with van der Waals surface area (Å²) >= 11 is 0. The van der Waals surface area contributed by atoms with Gasteiger partial charge in [0.2, 0.25) is 11.8 Å². The summed E-state index contributed by atoms with van der Waals surface area (Å²) in [4.78, 5) is 26.3. The van der Waals surface area contributed by atoms with Gasteiger partial charge < -0.3 is 15.0 Å². The minimum absolute atomic E-state index is 0.0700. The van der Waals surface area contributed by atoms with E-state index >= 15 is 0 Å². The van der Waals surface area contributed by atoms with Crippen molar-refractivity contribution in [3.8, 4) is 5.75 Å². The molecular formula is C18H24N2O3. The van der Waals surface area contributed by atoms with Crippen molar-refractivity contribution < 1.29 is 14.3 Å². The molecule has 5 heteroatoms. The Morgan fingerprint density at radius 2 is 1.78 bits per heavy atom. The summed E-state index contributed by atoms with van der Waals surface area (Å²) in [6, 6.07) is 8.00. The minimum Gasteiger partial charge on any atom is -0.497 e. The maximum atomic E-state index is 12.4. The normalized spacial score (nSPS) is 18.6. The van der Waals surface area contributed by atoms with Crippen LogP contribution in [0.25, 0.3) is 0 Å². The second kappa shape index (κ2) is 7.02. The lowest BCUT2D eigenvalue weighted by atomic mass is 9.95. The molecule has 124 valence electrons. The van der Waals surface area contributed by atoms with Gasteiger partial charge in [-0.05, 0) is 43.4 Å². The van der Waals surface area contributed by atoms with Gasteiger partial charge in [0, 0.05) is 25.0 Å². The van der Waals surface area contributed by atoms with Crippen LogP contribution in [0.3, 0.4) is 0 Å². The van der Waals surface area contributed by atoms with Crippen molar-refractivity contribution in [2.24, 2.45) is 5.92 Å². The van der Waals surface area contributed by atoms with Crippen molar-refractivity contribution in [1.82, 2.24) is 10.2 Å². The zero-order chi connectivity index (χ0) is 16.2. The van der Waals surface area contributed by atoms with Crippen molar-refractivity contribution in [2.45, 2.75) is 38.1 Å². The Hall–Kier alpha value is -2.04. The molecule has 0 aromatic heterocycles. The number of hydrogen-bond acceptors (Lipinski definition) is 3. The molecule has 1 aliphatic heterocycles. The van der Waals surface area contributed by atoms with Gasteiger partial charge in [0.15, 0.2) is 0 Å². The number of hydrogen-bond donors (Lipinski definition) is 1. The Bertz CT molecular complexity index is 558. The van der Waals surface area contributed by atoms with Gasteiger partial charge in [-0.1, -0.05) is 12.1 Å². The topological polar surface area (TPSA) is 58.6 Å². The van der Waals surface area contributed by atoms with Crippen molar-refractivity contribution in [3.63, 3.8) is 0 Å². The molecule has 5 nitrogen and oxygen atoms in total. The first-order valence-electron chi connectivity index (χ1n) is 8.37. The Morgan fingerprint density at radius 3 is 2.35 bits per heavy atom. The average Bonchev–Trinajstić information content (AvgIpc) is 3.39. The second-order valence-electron chi connectivity index (χ2n) is 6.46. The molecule has 1 saturated heterocycles. The van der Waals surface area contributed by atoms with E-state index in [0.717, 1.165) is 37.0 Å². The summed E-state index contributed by atoms with van der Waals surface area (Å²) in [5.41, 5.74) is 0.990. The molecule has 2 amide bonds. The van der Waals surface area contributed by atoms with Crippen LogP contribution in [-0.2, 0) is 16.0 Å². The minimum atomic E-state index is 0.0700. The molecule has 0 atom stereocenters. The molecular weight excluding hydrogens is 292 g/mol. The zero-order valence-electron chi connectivity index (χ0n) is 13.6. The van der Waals surface area contributed by atoms with Crippen LogP contribution in [0.2, 0.25) is 0 Å². The van der Waals surface area contributed by atoms with E-state index in [1.165, 1.54) is 0 Å². The van der Waals surface area contributed by atoms with Gasteiger partial charge in [-0.25, -0.2) is 0 Å². The van der Waals surface area contributed by atoms with E-state index in [-0.39, 0.29) is 17.7 Å². The number of rotatable bonds is 5. The predicted octanol–water partition coefficient (Wildman–Crippen LogP) is 1.75. The monoisotopic (exact) mass is 316 g/mol. The molecule has 2 fully saturated rings. The molecule has 1 heterocycles. The van der Waals surface area contributed by atoms with Crippen LogP contribution in [0.5, 0.6) is 5.75 Å². The molecule has 23 heavy (non-hydrogen) atoms. The highest BCUT2D eigenvalue weighted by molar-refractivity contribution is 5.81. The lowest BCUT2D eigenvalue weighted by Crippen LogP contribution is -2.43. The Balaban J connectivity index is 1.46. The number of ether oxygens (including phenoxy) is 1. The summed E-state index contributed by atoms with van der Waals surface area (Å²) in [5.74, 6) is 1.18. The van der Waals surface area contributed by atoms with Crippen LogP contribution in [0, 0.1) is 5.92 Å². The SMILES string of the molecule is COc1ccc(CC(=O)N2CCC(C(=O)NC3CC3)CC2)cc1. The third kappa shape index (κ3) is 4.24. The Labute approximate surface area is 137 Å². The third-order valence-corrected chi connectivity index (χ3v) is 4.66. The summed E-state index contributed by atoms with van der Waals surface area (Å²) in [7, 11) is 1.63. The van der Waals surface area contributed by atoms with Gasteiger partial charge in [-0.3, -0.25) is 9.59 Å². The number of nitrogens with one attached hydrogen (secondary N) is 1. The molecule has 2 aliphatic rings. The van der Waals surface area contributed by atoms with E-state index < -0.39 is 0 Å². The molecule has 0 spiro atoms. The summed E-state index contributed by atoms with van der Waals surface area (Å²) in [6.07, 6.45) is 4.18. The first kappa shape index (κ1) is 15.8. The number of likely N-dealkylation sites (tertiary alicyclic amines) is 1. The molecule has 1 aromatic rings. The van der Waals surface area contributed by atoms with Crippen LogP contribution in [0.1, 0.15) is 31.2 Å². The molecule has 0 unspecified atom stereocenters. The van der Waals surface area contributed by atoms with Gasteiger partial charge in [-0.2, -0.15) is 0 Å². The number of carbonyl (C=O) groups is 2. The number of amides is 2. The fourth-order valence-corrected chi connectivity index (χ4v) is 2.97. The van der Waals surface area contributed by atoms with E-state index in [2.05, 4.69) is 5.32 Å². The molecule has 1 N–H and O–H groups in total. The third-order valence-electron chi connectivity index (χ3n) is 4.66. The number of benzene rings is 1. The van der Waals surface area contributed by atoms with Gasteiger partial charge in [0.05, 0.1) is 13.5 Å². The van der Waals surface area contributed by atoms with Gasteiger partial charge in [0.1, 0.15) is 5.75 Å². The molecule has 3 rings (SSSR count). The molecule has 1 aromatic carbocycles. The van der Waals surface area contributed by atoms with E-state index in [1.54, 1.807) is 7.11 Å². The maximum absolute atomic E-state index is 12.4. The number of piperidine rings is 1. The van der Waals surface area contributed by atoms with E-state index in [9.17, 15) is 9.59 Å². The van der Waals surface area contributed by atoms with Crippen LogP contribution < -0.4 is 10.1 Å². The van der Waals surface area contributed by atoms with Gasteiger partial charge in [-0.15, -0.1) is 0 Å². The number of carbonyl (C=O) groups excluding carboxylic acids is 2. The Kier molecular flexibility index (Phi) is 4.84. The van der Waals surface area contributed by atoms with Crippen LogP contribution in [-0.4, -0.2) is 43.0 Å². The Morgan fingerprint density at radius 1 is 1.13 bits per heavy atom. The highest BCUT2D eigenvalue weighted by atomic mass is 16.5. The predicted molar refractivity (Wildman–Crippen MR) is 87.2 cm³/mol. The lowest BCUT2D eigenvalue weighted by Gasteiger charge is -2.31. The lowest BCUT2D eigenvalue weighted by molar-refractivity contribution is -0.135. The van der Waals surface area contributed by atoms with Crippen molar-refractivity contribution in [2.75, 3.05) is 20.2 Å². The summed E-state index contributed by atoms with van der Waals surface area (Å²) in [5, 5.41) is 3.06. The van der Waals surface area contributed by atoms with Gasteiger partial charge in [0.25, 0.3) is 0 Å². The number of methoxy groups -OCH3 is 1.